The molecule has 0 aliphatic heterocycles. The first-order chi connectivity index (χ1) is 10.0. The predicted octanol–water partition coefficient (Wildman–Crippen LogP) is 4.88. The van der Waals surface area contributed by atoms with Gasteiger partial charge in [0.25, 0.3) is 0 Å². The maximum atomic E-state index is 12.6. The zero-order valence-corrected chi connectivity index (χ0v) is 13.7. The maximum absolute atomic E-state index is 12.6. The summed E-state index contributed by atoms with van der Waals surface area (Å²) < 4.78 is 37.9. The van der Waals surface area contributed by atoms with Crippen molar-refractivity contribution in [3.8, 4) is 0 Å². The van der Waals surface area contributed by atoms with E-state index in [9.17, 15) is 13.2 Å². The lowest BCUT2D eigenvalue weighted by Gasteiger charge is -2.23. The molecular weight excluding hydrogens is 317 g/mol. The Bertz CT molecular complexity index is 428. The molecule has 1 saturated carbocycles. The highest BCUT2D eigenvalue weighted by atomic mass is 32.2. The highest BCUT2D eigenvalue weighted by Crippen LogP contribution is 2.36. The molecule has 1 N–H and O–H groups in total. The number of nitrogens with one attached hydrogen (secondary N) is 1. The molecule has 1 atom stereocenters. The molecule has 0 aromatic carbocycles. The number of thioether (sulfide) groups is 1. The van der Waals surface area contributed by atoms with Crippen molar-refractivity contribution in [2.24, 2.45) is 0 Å². The van der Waals surface area contributed by atoms with Crippen LogP contribution in [0.15, 0.2) is 6.20 Å². The van der Waals surface area contributed by atoms with Gasteiger partial charge >= 0.3 is 6.18 Å². The van der Waals surface area contributed by atoms with E-state index in [1.165, 1.54) is 38.3 Å². The van der Waals surface area contributed by atoms with Crippen LogP contribution in [-0.2, 0) is 6.18 Å². The quantitative estimate of drug-likeness (QED) is 0.800. The normalized spacial score (nSPS) is 18.9. The SMILES string of the molecule is CCNC(CSC1CCCCC1)c1cnc(C(F)(F)F)s1. The molecule has 1 unspecified atom stereocenters. The predicted molar refractivity (Wildman–Crippen MR) is 82.9 cm³/mol. The number of hydrogen-bond acceptors (Lipinski definition) is 4. The molecule has 7 heteroatoms. The number of thiazole rings is 1. The first-order valence-electron chi connectivity index (χ1n) is 7.38. The average Bonchev–Trinajstić information content (AvgIpc) is 2.94. The van der Waals surface area contributed by atoms with Gasteiger partial charge in [-0.05, 0) is 19.4 Å². The number of rotatable bonds is 6. The molecule has 2 nitrogen and oxygen atoms in total. The number of aromatic nitrogens is 1. The van der Waals surface area contributed by atoms with Gasteiger partial charge in [0, 0.05) is 22.1 Å². The van der Waals surface area contributed by atoms with Gasteiger partial charge < -0.3 is 5.32 Å². The van der Waals surface area contributed by atoms with Gasteiger partial charge in [0.1, 0.15) is 0 Å². The molecule has 0 amide bonds. The Hall–Kier alpha value is -0.270. The van der Waals surface area contributed by atoms with Crippen LogP contribution < -0.4 is 5.32 Å². The summed E-state index contributed by atoms with van der Waals surface area (Å²) >= 11 is 2.65. The van der Waals surface area contributed by atoms with E-state index in [4.69, 9.17) is 0 Å². The molecule has 1 fully saturated rings. The molecule has 1 aromatic heterocycles. The monoisotopic (exact) mass is 338 g/mol. The van der Waals surface area contributed by atoms with Crippen molar-refractivity contribution in [1.82, 2.24) is 10.3 Å². The highest BCUT2D eigenvalue weighted by Gasteiger charge is 2.35. The van der Waals surface area contributed by atoms with Crippen LogP contribution >= 0.6 is 23.1 Å². The van der Waals surface area contributed by atoms with Gasteiger partial charge in [0.2, 0.25) is 0 Å². The number of nitrogens with zero attached hydrogens (tertiary/aromatic N) is 1. The van der Waals surface area contributed by atoms with E-state index < -0.39 is 11.2 Å². The summed E-state index contributed by atoms with van der Waals surface area (Å²) in [6.45, 7) is 2.72. The van der Waals surface area contributed by atoms with Gasteiger partial charge in [-0.1, -0.05) is 26.2 Å². The van der Waals surface area contributed by atoms with E-state index in [2.05, 4.69) is 10.3 Å². The van der Waals surface area contributed by atoms with E-state index in [1.807, 2.05) is 18.7 Å². The van der Waals surface area contributed by atoms with Crippen LogP contribution in [-0.4, -0.2) is 22.5 Å². The minimum atomic E-state index is -4.34. The third-order valence-corrected chi connectivity index (χ3v) is 6.24. The number of halogens is 3. The molecule has 1 aliphatic rings. The van der Waals surface area contributed by atoms with E-state index in [1.54, 1.807) is 0 Å². The lowest BCUT2D eigenvalue weighted by Crippen LogP contribution is -2.23. The van der Waals surface area contributed by atoms with Crippen LogP contribution in [0.5, 0.6) is 0 Å². The van der Waals surface area contributed by atoms with Gasteiger partial charge in [0.15, 0.2) is 5.01 Å². The highest BCUT2D eigenvalue weighted by molar-refractivity contribution is 7.99. The van der Waals surface area contributed by atoms with Crippen LogP contribution in [0.3, 0.4) is 0 Å². The molecule has 1 heterocycles. The molecule has 1 aliphatic carbocycles. The minimum Gasteiger partial charge on any atom is -0.309 e. The fraction of sp³-hybridized carbons (Fsp3) is 0.786. The summed E-state index contributed by atoms with van der Waals surface area (Å²) in [7, 11) is 0. The van der Waals surface area contributed by atoms with Crippen molar-refractivity contribution >= 4 is 23.1 Å². The third-order valence-electron chi connectivity index (χ3n) is 3.61. The third kappa shape index (κ3) is 5.14. The van der Waals surface area contributed by atoms with E-state index in [-0.39, 0.29) is 6.04 Å². The van der Waals surface area contributed by atoms with Crippen molar-refractivity contribution in [2.75, 3.05) is 12.3 Å². The standard InChI is InChI=1S/C14H21F3N2S2/c1-2-18-11(9-20-10-6-4-3-5-7-10)12-8-19-13(21-12)14(15,16)17/h8,10-11,18H,2-7,9H2,1H3. The number of alkyl halides is 3. The van der Waals surface area contributed by atoms with Crippen LogP contribution in [0.4, 0.5) is 13.2 Å². The second-order valence-electron chi connectivity index (χ2n) is 5.27. The van der Waals surface area contributed by atoms with Gasteiger partial charge in [-0.2, -0.15) is 24.9 Å². The van der Waals surface area contributed by atoms with E-state index >= 15 is 0 Å². The summed E-state index contributed by atoms with van der Waals surface area (Å²) in [6, 6.07) is -0.0319. The summed E-state index contributed by atoms with van der Waals surface area (Å²) in [5.74, 6) is 0.817. The second kappa shape index (κ2) is 7.83. The largest absolute Gasteiger partial charge is 0.443 e. The Morgan fingerprint density at radius 1 is 1.38 bits per heavy atom. The average molecular weight is 338 g/mol. The van der Waals surface area contributed by atoms with Gasteiger partial charge in [-0.3, -0.25) is 0 Å². The molecule has 0 radical (unpaired) electrons. The molecule has 0 saturated heterocycles. The molecule has 1 aromatic rings. The Labute approximate surface area is 131 Å². The van der Waals surface area contributed by atoms with Crippen molar-refractivity contribution in [1.29, 1.82) is 0 Å². The first-order valence-corrected chi connectivity index (χ1v) is 9.25. The minimum absolute atomic E-state index is 0.0319. The smallest absolute Gasteiger partial charge is 0.309 e. The lowest BCUT2D eigenvalue weighted by molar-refractivity contribution is -0.137. The Balaban J connectivity index is 1.95. The lowest BCUT2D eigenvalue weighted by atomic mass is 10.0. The van der Waals surface area contributed by atoms with Crippen molar-refractivity contribution in [3.05, 3.63) is 16.1 Å². The molecule has 120 valence electrons. The van der Waals surface area contributed by atoms with Crippen molar-refractivity contribution in [2.45, 2.75) is 56.5 Å². The van der Waals surface area contributed by atoms with Crippen LogP contribution in [0.25, 0.3) is 0 Å². The van der Waals surface area contributed by atoms with E-state index in [0.717, 1.165) is 23.6 Å². The zero-order chi connectivity index (χ0) is 15.3. The topological polar surface area (TPSA) is 24.9 Å². The van der Waals surface area contributed by atoms with E-state index in [0.29, 0.717) is 10.1 Å². The molecule has 21 heavy (non-hydrogen) atoms. The second-order valence-corrected chi connectivity index (χ2v) is 7.66. The van der Waals surface area contributed by atoms with Crippen LogP contribution in [0.1, 0.15) is 55.0 Å². The Kier molecular flexibility index (Phi) is 6.37. The molecule has 2 rings (SSSR count). The summed E-state index contributed by atoms with van der Waals surface area (Å²) in [6.07, 6.45) is 3.39. The molecule has 0 bridgehead atoms. The Morgan fingerprint density at radius 3 is 2.67 bits per heavy atom. The van der Waals surface area contributed by atoms with Gasteiger partial charge in [-0.25, -0.2) is 4.98 Å². The van der Waals surface area contributed by atoms with Crippen LogP contribution in [0, 0.1) is 0 Å². The van der Waals surface area contributed by atoms with Crippen LogP contribution in [0.2, 0.25) is 0 Å². The van der Waals surface area contributed by atoms with Crippen molar-refractivity contribution < 1.29 is 13.2 Å². The first kappa shape index (κ1) is 17.1. The van der Waals surface area contributed by atoms with Crippen molar-refractivity contribution in [3.63, 3.8) is 0 Å². The molecule has 0 spiro atoms. The summed E-state index contributed by atoms with van der Waals surface area (Å²) in [4.78, 5) is 4.22. The Morgan fingerprint density at radius 2 is 2.10 bits per heavy atom. The summed E-state index contributed by atoms with van der Waals surface area (Å²) in [5, 5.41) is 3.20. The number of hydrogen-bond donors (Lipinski definition) is 1. The van der Waals surface area contributed by atoms with Gasteiger partial charge in [0.05, 0.1) is 6.04 Å². The zero-order valence-electron chi connectivity index (χ0n) is 12.1. The maximum Gasteiger partial charge on any atom is 0.443 e. The van der Waals surface area contributed by atoms with Gasteiger partial charge in [-0.15, -0.1) is 11.3 Å². The summed E-state index contributed by atoms with van der Waals surface area (Å²) in [5.41, 5.74) is 0. The fourth-order valence-electron chi connectivity index (χ4n) is 2.53. The molecular formula is C14H21F3N2S2. The fourth-order valence-corrected chi connectivity index (χ4v) is 4.92.